The third-order valence-corrected chi connectivity index (χ3v) is 5.01. The highest BCUT2D eigenvalue weighted by Crippen LogP contribution is 2.26. The van der Waals surface area contributed by atoms with Gasteiger partial charge in [0.15, 0.2) is 5.16 Å². The lowest BCUT2D eigenvalue weighted by molar-refractivity contribution is -0.120. The summed E-state index contributed by atoms with van der Waals surface area (Å²) in [6.07, 6.45) is 4.65. The number of carbonyl (C=O) groups is 1. The summed E-state index contributed by atoms with van der Waals surface area (Å²) in [5.41, 5.74) is 1.80. The van der Waals surface area contributed by atoms with Crippen molar-refractivity contribution in [2.75, 3.05) is 7.11 Å². The van der Waals surface area contributed by atoms with Gasteiger partial charge in [0.1, 0.15) is 5.75 Å². The number of nitrogens with one attached hydrogen (secondary N) is 2. The molecule has 2 aromatic rings. The lowest BCUT2D eigenvalue weighted by atomic mass is 10.2. The van der Waals surface area contributed by atoms with Crippen LogP contribution in [0.15, 0.2) is 23.4 Å². The van der Waals surface area contributed by atoms with Crippen LogP contribution in [0, 0.1) is 0 Å². The number of imidazole rings is 1. The molecule has 6 heteroatoms. The third-order valence-electron chi connectivity index (χ3n) is 4.03. The molecule has 0 spiro atoms. The molecule has 0 radical (unpaired) electrons. The Bertz CT molecular complexity index is 664. The van der Waals surface area contributed by atoms with Crippen LogP contribution < -0.4 is 10.1 Å². The highest BCUT2D eigenvalue weighted by Gasteiger charge is 2.22. The van der Waals surface area contributed by atoms with Crippen molar-refractivity contribution in [2.24, 2.45) is 0 Å². The Hall–Kier alpha value is -1.69. The second kappa shape index (κ2) is 6.60. The van der Waals surface area contributed by atoms with Gasteiger partial charge in [0, 0.05) is 12.1 Å². The summed E-state index contributed by atoms with van der Waals surface area (Å²) in [5, 5.41) is 3.73. The number of fused-ring (bicyclic) bond motifs is 1. The Labute approximate surface area is 134 Å². The highest BCUT2D eigenvalue weighted by molar-refractivity contribution is 8.00. The molecule has 1 aliphatic carbocycles. The van der Waals surface area contributed by atoms with E-state index >= 15 is 0 Å². The monoisotopic (exact) mass is 319 g/mol. The molecule has 0 saturated heterocycles. The van der Waals surface area contributed by atoms with Crippen LogP contribution in [0.1, 0.15) is 32.6 Å². The number of nitrogens with zero attached hydrogens (tertiary/aromatic N) is 1. The Balaban J connectivity index is 1.65. The molecule has 1 heterocycles. The number of benzene rings is 1. The van der Waals surface area contributed by atoms with E-state index in [9.17, 15) is 4.79 Å². The zero-order chi connectivity index (χ0) is 15.5. The number of hydrogen-bond donors (Lipinski definition) is 2. The van der Waals surface area contributed by atoms with Gasteiger partial charge in [-0.25, -0.2) is 4.98 Å². The molecule has 1 amide bonds. The first-order chi connectivity index (χ1) is 10.7. The first-order valence-corrected chi connectivity index (χ1v) is 8.54. The molecule has 0 unspecified atom stereocenters. The minimum Gasteiger partial charge on any atom is -0.497 e. The van der Waals surface area contributed by atoms with E-state index in [4.69, 9.17) is 4.74 Å². The molecule has 5 nitrogen and oxygen atoms in total. The van der Waals surface area contributed by atoms with Crippen molar-refractivity contribution in [3.8, 4) is 5.75 Å². The molecule has 22 heavy (non-hydrogen) atoms. The molecule has 1 aliphatic rings. The standard InChI is InChI=1S/C16H21N3O2S/c1-10(15(20)17-11-5-3-4-6-11)22-16-18-13-8-7-12(21-2)9-14(13)19-16/h7-11H,3-6H2,1-2H3,(H,17,20)(H,18,19)/t10-/m1/s1. The summed E-state index contributed by atoms with van der Waals surface area (Å²) in [6.45, 7) is 1.92. The van der Waals surface area contributed by atoms with Crippen LogP contribution >= 0.6 is 11.8 Å². The fourth-order valence-corrected chi connectivity index (χ4v) is 3.59. The predicted molar refractivity (Wildman–Crippen MR) is 88.4 cm³/mol. The fraction of sp³-hybridized carbons (Fsp3) is 0.500. The molecule has 0 aliphatic heterocycles. The van der Waals surface area contributed by atoms with E-state index in [0.717, 1.165) is 34.8 Å². The average Bonchev–Trinajstić information content (AvgIpc) is 3.14. The lowest BCUT2D eigenvalue weighted by Crippen LogP contribution is -2.37. The summed E-state index contributed by atoms with van der Waals surface area (Å²) in [6, 6.07) is 6.07. The predicted octanol–water partition coefficient (Wildman–Crippen LogP) is 3.11. The Morgan fingerprint density at radius 2 is 2.23 bits per heavy atom. The number of aromatic amines is 1. The normalized spacial score (nSPS) is 16.8. The number of hydrogen-bond acceptors (Lipinski definition) is 4. The van der Waals surface area contributed by atoms with E-state index in [1.54, 1.807) is 7.11 Å². The fourth-order valence-electron chi connectivity index (χ4n) is 2.76. The largest absolute Gasteiger partial charge is 0.497 e. The van der Waals surface area contributed by atoms with E-state index in [-0.39, 0.29) is 11.2 Å². The van der Waals surface area contributed by atoms with Crippen LogP contribution in [0.3, 0.4) is 0 Å². The van der Waals surface area contributed by atoms with E-state index in [2.05, 4.69) is 15.3 Å². The molecule has 1 fully saturated rings. The summed E-state index contributed by atoms with van der Waals surface area (Å²) in [4.78, 5) is 20.0. The summed E-state index contributed by atoms with van der Waals surface area (Å²) in [5.74, 6) is 0.884. The molecule has 1 aromatic heterocycles. The van der Waals surface area contributed by atoms with Gasteiger partial charge in [-0.05, 0) is 31.9 Å². The van der Waals surface area contributed by atoms with Gasteiger partial charge in [0.2, 0.25) is 5.91 Å². The molecule has 3 rings (SSSR count). The number of ether oxygens (including phenoxy) is 1. The maximum absolute atomic E-state index is 12.2. The number of methoxy groups -OCH3 is 1. The molecule has 2 N–H and O–H groups in total. The van der Waals surface area contributed by atoms with Crippen molar-refractivity contribution < 1.29 is 9.53 Å². The van der Waals surface area contributed by atoms with Crippen molar-refractivity contribution >= 4 is 28.7 Å². The summed E-state index contributed by atoms with van der Waals surface area (Å²) >= 11 is 1.45. The first kappa shape index (κ1) is 15.2. The summed E-state index contributed by atoms with van der Waals surface area (Å²) < 4.78 is 5.21. The Kier molecular flexibility index (Phi) is 4.57. The van der Waals surface area contributed by atoms with E-state index in [1.807, 2.05) is 25.1 Å². The molecule has 118 valence electrons. The molecular formula is C16H21N3O2S. The molecule has 0 bridgehead atoms. The molecule has 1 aromatic carbocycles. The van der Waals surface area contributed by atoms with E-state index in [1.165, 1.54) is 24.6 Å². The van der Waals surface area contributed by atoms with E-state index in [0.29, 0.717) is 6.04 Å². The van der Waals surface area contributed by atoms with Crippen molar-refractivity contribution in [1.29, 1.82) is 0 Å². The van der Waals surface area contributed by atoms with Gasteiger partial charge < -0.3 is 15.0 Å². The van der Waals surface area contributed by atoms with Gasteiger partial charge in [0.05, 0.1) is 23.4 Å². The first-order valence-electron chi connectivity index (χ1n) is 7.66. The van der Waals surface area contributed by atoms with Crippen molar-refractivity contribution in [3.63, 3.8) is 0 Å². The third kappa shape index (κ3) is 3.38. The van der Waals surface area contributed by atoms with Crippen molar-refractivity contribution in [1.82, 2.24) is 15.3 Å². The molecule has 1 atom stereocenters. The average molecular weight is 319 g/mol. The smallest absolute Gasteiger partial charge is 0.233 e. The number of H-pyrrole nitrogens is 1. The van der Waals surface area contributed by atoms with Gasteiger partial charge in [-0.3, -0.25) is 4.79 Å². The van der Waals surface area contributed by atoms with Crippen molar-refractivity contribution in [2.45, 2.75) is 49.1 Å². The van der Waals surface area contributed by atoms with Gasteiger partial charge in [-0.2, -0.15) is 0 Å². The second-order valence-electron chi connectivity index (χ2n) is 5.68. The van der Waals surface area contributed by atoms with Crippen LogP contribution in [0.5, 0.6) is 5.75 Å². The van der Waals surface area contributed by atoms with E-state index < -0.39 is 0 Å². The lowest BCUT2D eigenvalue weighted by Gasteiger charge is -2.15. The van der Waals surface area contributed by atoms with Crippen LogP contribution in [-0.2, 0) is 4.79 Å². The minimum absolute atomic E-state index is 0.0925. The maximum atomic E-state index is 12.2. The number of amides is 1. The number of carbonyl (C=O) groups excluding carboxylic acids is 1. The van der Waals surface area contributed by atoms with Crippen LogP contribution in [0.2, 0.25) is 0 Å². The minimum atomic E-state index is -0.164. The highest BCUT2D eigenvalue weighted by atomic mass is 32.2. The van der Waals surface area contributed by atoms with Gasteiger partial charge in [0.25, 0.3) is 0 Å². The molecule has 1 saturated carbocycles. The topological polar surface area (TPSA) is 67.0 Å². The SMILES string of the molecule is COc1ccc2nc(S[C@H](C)C(=O)NC3CCCC3)[nH]c2c1. The Morgan fingerprint density at radius 3 is 2.95 bits per heavy atom. The zero-order valence-corrected chi connectivity index (χ0v) is 13.7. The number of aromatic nitrogens is 2. The Morgan fingerprint density at radius 1 is 1.45 bits per heavy atom. The van der Waals surface area contributed by atoms with Crippen molar-refractivity contribution in [3.05, 3.63) is 18.2 Å². The number of rotatable bonds is 5. The molecular weight excluding hydrogens is 298 g/mol. The van der Waals surface area contributed by atoms with Gasteiger partial charge in [-0.15, -0.1) is 0 Å². The van der Waals surface area contributed by atoms with Gasteiger partial charge in [-0.1, -0.05) is 24.6 Å². The summed E-state index contributed by atoms with van der Waals surface area (Å²) in [7, 11) is 1.64. The van der Waals surface area contributed by atoms with Crippen LogP contribution in [0.4, 0.5) is 0 Å². The van der Waals surface area contributed by atoms with Crippen LogP contribution in [-0.4, -0.2) is 34.3 Å². The number of thioether (sulfide) groups is 1. The maximum Gasteiger partial charge on any atom is 0.233 e. The zero-order valence-electron chi connectivity index (χ0n) is 12.9. The van der Waals surface area contributed by atoms with Crippen LogP contribution in [0.25, 0.3) is 11.0 Å². The second-order valence-corrected chi connectivity index (χ2v) is 7.00. The quantitative estimate of drug-likeness (QED) is 0.831. The van der Waals surface area contributed by atoms with Gasteiger partial charge >= 0.3 is 0 Å².